The fraction of sp³-hybridized carbons (Fsp3) is 0.682. The van der Waals surface area contributed by atoms with E-state index in [2.05, 4.69) is 33.3 Å². The summed E-state index contributed by atoms with van der Waals surface area (Å²) in [5.41, 5.74) is 3.25. The molecule has 1 amide bonds. The average Bonchev–Trinajstić information content (AvgIpc) is 2.76. The van der Waals surface area contributed by atoms with E-state index >= 15 is 0 Å². The first kappa shape index (κ1) is 19.5. The summed E-state index contributed by atoms with van der Waals surface area (Å²) in [7, 11) is 0. The second kappa shape index (κ2) is 9.61. The van der Waals surface area contributed by atoms with Gasteiger partial charge in [-0.2, -0.15) is 0 Å². The normalized spacial score (nSPS) is 21.6. The third kappa shape index (κ3) is 4.97. The predicted molar refractivity (Wildman–Crippen MR) is 112 cm³/mol. The molecule has 1 aromatic rings. The van der Waals surface area contributed by atoms with Crippen molar-refractivity contribution in [1.82, 2.24) is 0 Å². The highest BCUT2D eigenvalue weighted by Crippen LogP contribution is 2.33. The summed E-state index contributed by atoms with van der Waals surface area (Å²) in [5.74, 6) is 0.703. The molecule has 1 N–H and O–H groups in total. The number of nitrogens with one attached hydrogen (secondary N) is 1. The molecule has 1 aliphatic carbocycles. The van der Waals surface area contributed by atoms with Crippen molar-refractivity contribution in [3.8, 4) is 0 Å². The number of ether oxygens (including phenoxy) is 2. The van der Waals surface area contributed by atoms with Crippen molar-refractivity contribution in [2.75, 3.05) is 67.7 Å². The molecule has 0 spiro atoms. The quantitative estimate of drug-likeness (QED) is 0.840. The van der Waals surface area contributed by atoms with Gasteiger partial charge in [0.05, 0.1) is 37.8 Å². The molecule has 0 bridgehead atoms. The Morgan fingerprint density at radius 3 is 2.25 bits per heavy atom. The van der Waals surface area contributed by atoms with Gasteiger partial charge in [0, 0.05) is 38.3 Å². The fourth-order valence-electron chi connectivity index (χ4n) is 4.56. The van der Waals surface area contributed by atoms with Crippen LogP contribution in [0.1, 0.15) is 38.5 Å². The minimum atomic E-state index is 0.153. The summed E-state index contributed by atoms with van der Waals surface area (Å²) in [6, 6.07) is 6.44. The van der Waals surface area contributed by atoms with Crippen molar-refractivity contribution >= 4 is 23.0 Å². The maximum absolute atomic E-state index is 12.7. The van der Waals surface area contributed by atoms with Crippen molar-refractivity contribution in [2.24, 2.45) is 5.92 Å². The summed E-state index contributed by atoms with van der Waals surface area (Å²) in [5, 5.41) is 3.22. The van der Waals surface area contributed by atoms with Gasteiger partial charge < -0.3 is 24.6 Å². The number of carbonyl (C=O) groups excluding carboxylic acids is 1. The molecule has 6 heteroatoms. The average molecular weight is 388 g/mol. The molecule has 154 valence electrons. The number of nitrogens with zero attached hydrogens (tertiary/aromatic N) is 2. The lowest BCUT2D eigenvalue weighted by Gasteiger charge is -2.33. The smallest absolute Gasteiger partial charge is 0.224 e. The van der Waals surface area contributed by atoms with Crippen molar-refractivity contribution in [2.45, 2.75) is 38.5 Å². The van der Waals surface area contributed by atoms with E-state index in [9.17, 15) is 4.79 Å². The van der Waals surface area contributed by atoms with Crippen LogP contribution < -0.4 is 15.1 Å². The van der Waals surface area contributed by atoms with E-state index in [1.165, 1.54) is 37.8 Å². The molecule has 2 aliphatic heterocycles. The first-order valence-electron chi connectivity index (χ1n) is 10.9. The lowest BCUT2D eigenvalue weighted by atomic mass is 9.87. The molecule has 3 fully saturated rings. The van der Waals surface area contributed by atoms with E-state index in [1.807, 2.05) is 0 Å². The molecule has 3 aliphatic rings. The maximum atomic E-state index is 12.7. The summed E-state index contributed by atoms with van der Waals surface area (Å²) in [6.45, 7) is 6.55. The summed E-state index contributed by atoms with van der Waals surface area (Å²) >= 11 is 0. The van der Waals surface area contributed by atoms with Gasteiger partial charge in [-0.3, -0.25) is 4.79 Å². The van der Waals surface area contributed by atoms with E-state index in [0.29, 0.717) is 12.3 Å². The van der Waals surface area contributed by atoms with Crippen LogP contribution in [-0.4, -0.2) is 58.5 Å². The Kier molecular flexibility index (Phi) is 6.70. The van der Waals surface area contributed by atoms with Crippen molar-refractivity contribution in [3.05, 3.63) is 18.2 Å². The molecule has 0 unspecified atom stereocenters. The van der Waals surface area contributed by atoms with Gasteiger partial charge in [0.25, 0.3) is 0 Å². The Morgan fingerprint density at radius 2 is 1.57 bits per heavy atom. The van der Waals surface area contributed by atoms with E-state index in [1.54, 1.807) is 0 Å². The summed E-state index contributed by atoms with van der Waals surface area (Å²) in [6.07, 6.45) is 6.89. The summed E-state index contributed by atoms with van der Waals surface area (Å²) < 4.78 is 11.0. The first-order valence-corrected chi connectivity index (χ1v) is 10.9. The molecule has 2 heterocycles. The first-order chi connectivity index (χ1) is 13.8. The minimum absolute atomic E-state index is 0.153. The Morgan fingerprint density at radius 1 is 0.929 bits per heavy atom. The molecule has 28 heavy (non-hydrogen) atoms. The third-order valence-electron chi connectivity index (χ3n) is 6.18. The van der Waals surface area contributed by atoms with Crippen LogP contribution in [0.5, 0.6) is 0 Å². The van der Waals surface area contributed by atoms with Gasteiger partial charge in [-0.15, -0.1) is 0 Å². The zero-order valence-electron chi connectivity index (χ0n) is 16.8. The number of benzene rings is 1. The monoisotopic (exact) mass is 387 g/mol. The van der Waals surface area contributed by atoms with Crippen LogP contribution in [0, 0.1) is 5.92 Å². The topological polar surface area (TPSA) is 54.0 Å². The lowest BCUT2D eigenvalue weighted by Crippen LogP contribution is -2.38. The number of hydrogen-bond acceptors (Lipinski definition) is 5. The number of carbonyl (C=O) groups is 1. The van der Waals surface area contributed by atoms with Crippen molar-refractivity contribution in [1.29, 1.82) is 0 Å². The van der Waals surface area contributed by atoms with E-state index in [0.717, 1.165) is 64.0 Å². The zero-order chi connectivity index (χ0) is 19.2. The molecule has 0 radical (unpaired) electrons. The van der Waals surface area contributed by atoms with E-state index in [4.69, 9.17) is 9.47 Å². The molecule has 0 atom stereocenters. The maximum Gasteiger partial charge on any atom is 0.224 e. The Labute approximate surface area is 168 Å². The second-order valence-electron chi connectivity index (χ2n) is 8.16. The number of hydrogen-bond donors (Lipinski definition) is 1. The molecule has 2 saturated heterocycles. The fourth-order valence-corrected chi connectivity index (χ4v) is 4.56. The Hall–Kier alpha value is -1.79. The molecule has 1 aromatic carbocycles. The van der Waals surface area contributed by atoms with Crippen LogP contribution in [0.3, 0.4) is 0 Å². The van der Waals surface area contributed by atoms with Gasteiger partial charge in [0.15, 0.2) is 0 Å². The van der Waals surface area contributed by atoms with Gasteiger partial charge in [0.2, 0.25) is 5.91 Å². The van der Waals surface area contributed by atoms with E-state index in [-0.39, 0.29) is 5.91 Å². The van der Waals surface area contributed by atoms with Crippen LogP contribution in [0.4, 0.5) is 17.1 Å². The third-order valence-corrected chi connectivity index (χ3v) is 6.18. The molecule has 1 saturated carbocycles. The van der Waals surface area contributed by atoms with Gasteiger partial charge in [0.1, 0.15) is 0 Å². The van der Waals surface area contributed by atoms with Crippen LogP contribution in [0.25, 0.3) is 0 Å². The molecule has 0 aromatic heterocycles. The number of amides is 1. The van der Waals surface area contributed by atoms with Gasteiger partial charge in [-0.25, -0.2) is 0 Å². The minimum Gasteiger partial charge on any atom is -0.378 e. The Balaban J connectivity index is 1.49. The van der Waals surface area contributed by atoms with Gasteiger partial charge in [-0.05, 0) is 37.0 Å². The SMILES string of the molecule is O=C(CC1CCCCC1)Nc1ccc(N2CCOCC2)cc1N1CCOCC1. The molecule has 6 nitrogen and oxygen atoms in total. The van der Waals surface area contributed by atoms with Crippen LogP contribution in [0.2, 0.25) is 0 Å². The van der Waals surface area contributed by atoms with Crippen molar-refractivity contribution in [3.63, 3.8) is 0 Å². The van der Waals surface area contributed by atoms with Gasteiger partial charge in [-0.1, -0.05) is 19.3 Å². The Bertz CT molecular complexity index is 648. The van der Waals surface area contributed by atoms with E-state index < -0.39 is 0 Å². The number of morpholine rings is 2. The molecule has 4 rings (SSSR count). The number of anilines is 3. The van der Waals surface area contributed by atoms with Crippen LogP contribution in [0.15, 0.2) is 18.2 Å². The second-order valence-corrected chi connectivity index (χ2v) is 8.16. The van der Waals surface area contributed by atoms with Crippen LogP contribution >= 0.6 is 0 Å². The highest BCUT2D eigenvalue weighted by atomic mass is 16.5. The molecular weight excluding hydrogens is 354 g/mol. The summed E-state index contributed by atoms with van der Waals surface area (Å²) in [4.78, 5) is 17.4. The van der Waals surface area contributed by atoms with Crippen molar-refractivity contribution < 1.29 is 14.3 Å². The van der Waals surface area contributed by atoms with Gasteiger partial charge >= 0.3 is 0 Å². The lowest BCUT2D eigenvalue weighted by molar-refractivity contribution is -0.117. The highest BCUT2D eigenvalue weighted by Gasteiger charge is 2.21. The highest BCUT2D eigenvalue weighted by molar-refractivity contribution is 5.95. The predicted octanol–water partition coefficient (Wildman–Crippen LogP) is 3.27. The van der Waals surface area contributed by atoms with Crippen LogP contribution in [-0.2, 0) is 14.3 Å². The molecular formula is C22H33N3O3. The standard InChI is InChI=1S/C22H33N3O3/c26-22(16-18-4-2-1-3-5-18)23-20-7-6-19(24-8-12-27-13-9-24)17-21(20)25-10-14-28-15-11-25/h6-7,17-18H,1-5,8-16H2,(H,23,26). The largest absolute Gasteiger partial charge is 0.378 e. The zero-order valence-corrected chi connectivity index (χ0v) is 16.8. The number of rotatable bonds is 5.